The van der Waals surface area contributed by atoms with Crippen LogP contribution < -0.4 is 5.32 Å². The summed E-state index contributed by atoms with van der Waals surface area (Å²) in [5, 5.41) is 3.56. The summed E-state index contributed by atoms with van der Waals surface area (Å²) in [7, 11) is 0. The van der Waals surface area contributed by atoms with Gasteiger partial charge in [-0.3, -0.25) is 0 Å². The van der Waals surface area contributed by atoms with Crippen molar-refractivity contribution in [1.82, 2.24) is 5.32 Å². The van der Waals surface area contributed by atoms with E-state index in [1.807, 2.05) is 0 Å². The van der Waals surface area contributed by atoms with Crippen LogP contribution in [0.4, 0.5) is 0 Å². The molecular formula is C15H21N. The number of nitrogens with one attached hydrogen (secondary N) is 1. The van der Waals surface area contributed by atoms with Gasteiger partial charge in [0.25, 0.3) is 0 Å². The average molecular weight is 215 g/mol. The van der Waals surface area contributed by atoms with E-state index in [2.05, 4.69) is 48.7 Å². The Morgan fingerprint density at radius 3 is 2.75 bits per heavy atom. The van der Waals surface area contributed by atoms with Gasteiger partial charge >= 0.3 is 0 Å². The molecule has 2 rings (SSSR count). The van der Waals surface area contributed by atoms with Crippen LogP contribution in [0.1, 0.15) is 36.8 Å². The molecule has 0 radical (unpaired) electrons. The summed E-state index contributed by atoms with van der Waals surface area (Å²) in [4.78, 5) is 0. The normalized spacial score (nSPS) is 21.4. The Balaban J connectivity index is 1.82. The van der Waals surface area contributed by atoms with Crippen LogP contribution in [0.25, 0.3) is 6.08 Å². The molecule has 1 aliphatic rings. The zero-order valence-electron chi connectivity index (χ0n) is 10.1. The molecule has 0 spiro atoms. The molecule has 1 fully saturated rings. The highest BCUT2D eigenvalue weighted by Gasteiger charge is 2.09. The number of hydrogen-bond acceptors (Lipinski definition) is 1. The van der Waals surface area contributed by atoms with Gasteiger partial charge in [0.2, 0.25) is 0 Å². The molecule has 1 saturated heterocycles. The number of rotatable bonds is 3. The molecular weight excluding hydrogens is 194 g/mol. The van der Waals surface area contributed by atoms with Crippen LogP contribution in [0.5, 0.6) is 0 Å². The summed E-state index contributed by atoms with van der Waals surface area (Å²) in [5.41, 5.74) is 2.63. The molecule has 1 aromatic carbocycles. The van der Waals surface area contributed by atoms with Crippen LogP contribution in [-0.4, -0.2) is 12.6 Å². The van der Waals surface area contributed by atoms with E-state index in [0.717, 1.165) is 6.42 Å². The summed E-state index contributed by atoms with van der Waals surface area (Å²) >= 11 is 0. The molecule has 1 unspecified atom stereocenters. The highest BCUT2D eigenvalue weighted by atomic mass is 14.9. The van der Waals surface area contributed by atoms with Crippen molar-refractivity contribution >= 4 is 6.08 Å². The van der Waals surface area contributed by atoms with E-state index in [4.69, 9.17) is 0 Å². The molecule has 16 heavy (non-hydrogen) atoms. The lowest BCUT2D eigenvalue weighted by Crippen LogP contribution is -2.33. The number of aryl methyl sites for hydroxylation is 1. The van der Waals surface area contributed by atoms with Gasteiger partial charge in [0.05, 0.1) is 0 Å². The Hall–Kier alpha value is -1.08. The van der Waals surface area contributed by atoms with Gasteiger partial charge in [-0.05, 0) is 38.3 Å². The van der Waals surface area contributed by atoms with Crippen molar-refractivity contribution in [3.8, 4) is 0 Å². The monoisotopic (exact) mass is 215 g/mol. The number of hydrogen-bond donors (Lipinski definition) is 1. The van der Waals surface area contributed by atoms with Crippen LogP contribution in [0.15, 0.2) is 30.3 Å². The molecule has 1 heteroatoms. The van der Waals surface area contributed by atoms with Gasteiger partial charge in [-0.15, -0.1) is 0 Å². The SMILES string of the molecule is Cc1ccc(/C=C/CC2CCCCN2)cc1. The van der Waals surface area contributed by atoms with Crippen LogP contribution >= 0.6 is 0 Å². The predicted molar refractivity (Wildman–Crippen MR) is 70.5 cm³/mol. The highest BCUT2D eigenvalue weighted by molar-refractivity contribution is 5.49. The maximum Gasteiger partial charge on any atom is 0.0102 e. The second-order valence-corrected chi connectivity index (χ2v) is 4.70. The lowest BCUT2D eigenvalue weighted by Gasteiger charge is -2.21. The Labute approximate surface area is 98.6 Å². The lowest BCUT2D eigenvalue weighted by molar-refractivity contribution is 0.404. The first-order valence-corrected chi connectivity index (χ1v) is 6.31. The second-order valence-electron chi connectivity index (χ2n) is 4.70. The molecule has 0 amide bonds. The van der Waals surface area contributed by atoms with Crippen LogP contribution in [0.2, 0.25) is 0 Å². The molecule has 0 bridgehead atoms. The Morgan fingerprint density at radius 2 is 2.06 bits per heavy atom. The first kappa shape index (κ1) is 11.4. The highest BCUT2D eigenvalue weighted by Crippen LogP contribution is 2.12. The third-order valence-electron chi connectivity index (χ3n) is 3.22. The van der Waals surface area contributed by atoms with E-state index in [-0.39, 0.29) is 0 Å². The minimum absolute atomic E-state index is 0.704. The summed E-state index contributed by atoms with van der Waals surface area (Å²) in [5.74, 6) is 0. The minimum atomic E-state index is 0.704. The lowest BCUT2D eigenvalue weighted by atomic mass is 10.0. The summed E-state index contributed by atoms with van der Waals surface area (Å²) < 4.78 is 0. The van der Waals surface area contributed by atoms with Crippen LogP contribution in [-0.2, 0) is 0 Å². The topological polar surface area (TPSA) is 12.0 Å². The van der Waals surface area contributed by atoms with Gasteiger partial charge in [-0.1, -0.05) is 48.4 Å². The second kappa shape index (κ2) is 5.86. The van der Waals surface area contributed by atoms with Crippen molar-refractivity contribution in [3.63, 3.8) is 0 Å². The van der Waals surface area contributed by atoms with Gasteiger partial charge < -0.3 is 5.32 Å². The van der Waals surface area contributed by atoms with E-state index in [1.54, 1.807) is 0 Å². The molecule has 1 heterocycles. The third-order valence-corrected chi connectivity index (χ3v) is 3.22. The summed E-state index contributed by atoms with van der Waals surface area (Å²) in [6.07, 6.45) is 9.75. The molecule has 1 atom stereocenters. The zero-order valence-corrected chi connectivity index (χ0v) is 10.1. The fourth-order valence-electron chi connectivity index (χ4n) is 2.17. The Kier molecular flexibility index (Phi) is 4.17. The Bertz CT molecular complexity index is 331. The van der Waals surface area contributed by atoms with Crippen molar-refractivity contribution in [3.05, 3.63) is 41.5 Å². The molecule has 0 aromatic heterocycles. The van der Waals surface area contributed by atoms with Gasteiger partial charge in [0, 0.05) is 6.04 Å². The Morgan fingerprint density at radius 1 is 1.25 bits per heavy atom. The van der Waals surface area contributed by atoms with E-state index < -0.39 is 0 Å². The van der Waals surface area contributed by atoms with E-state index in [0.29, 0.717) is 6.04 Å². The fourth-order valence-corrected chi connectivity index (χ4v) is 2.17. The van der Waals surface area contributed by atoms with Crippen molar-refractivity contribution in [2.24, 2.45) is 0 Å². The van der Waals surface area contributed by atoms with Crippen molar-refractivity contribution < 1.29 is 0 Å². The average Bonchev–Trinajstić information content (AvgIpc) is 2.33. The van der Waals surface area contributed by atoms with Crippen molar-refractivity contribution in [1.29, 1.82) is 0 Å². The van der Waals surface area contributed by atoms with Gasteiger partial charge in [0.1, 0.15) is 0 Å². The van der Waals surface area contributed by atoms with Crippen LogP contribution in [0, 0.1) is 6.92 Å². The largest absolute Gasteiger partial charge is 0.314 e. The minimum Gasteiger partial charge on any atom is -0.314 e. The molecule has 1 N–H and O–H groups in total. The maximum atomic E-state index is 3.56. The molecule has 1 aromatic rings. The molecule has 0 saturated carbocycles. The fraction of sp³-hybridized carbons (Fsp3) is 0.467. The number of benzene rings is 1. The molecule has 1 nitrogen and oxygen atoms in total. The zero-order chi connectivity index (χ0) is 11.2. The quantitative estimate of drug-likeness (QED) is 0.813. The summed E-state index contributed by atoms with van der Waals surface area (Å²) in [6.45, 7) is 3.32. The molecule has 0 aliphatic carbocycles. The molecule has 86 valence electrons. The van der Waals surface area contributed by atoms with E-state index in [1.165, 1.54) is 36.9 Å². The predicted octanol–water partition coefficient (Wildman–Crippen LogP) is 3.54. The van der Waals surface area contributed by atoms with Gasteiger partial charge in [0.15, 0.2) is 0 Å². The molecule has 1 aliphatic heterocycles. The van der Waals surface area contributed by atoms with Crippen LogP contribution in [0.3, 0.4) is 0 Å². The van der Waals surface area contributed by atoms with E-state index in [9.17, 15) is 0 Å². The van der Waals surface area contributed by atoms with E-state index >= 15 is 0 Å². The van der Waals surface area contributed by atoms with Crippen molar-refractivity contribution in [2.45, 2.75) is 38.6 Å². The summed E-state index contributed by atoms with van der Waals surface area (Å²) in [6, 6.07) is 9.40. The van der Waals surface area contributed by atoms with Gasteiger partial charge in [-0.25, -0.2) is 0 Å². The van der Waals surface area contributed by atoms with Crippen molar-refractivity contribution in [2.75, 3.05) is 6.54 Å². The van der Waals surface area contributed by atoms with Gasteiger partial charge in [-0.2, -0.15) is 0 Å². The third kappa shape index (κ3) is 3.49. The first-order valence-electron chi connectivity index (χ1n) is 6.31. The first-order chi connectivity index (χ1) is 7.84. The smallest absolute Gasteiger partial charge is 0.0102 e. The number of piperidine rings is 1. The maximum absolute atomic E-state index is 3.56. The standard InChI is InChI=1S/C15H21N/c1-13-8-10-14(11-9-13)5-4-7-15-6-2-3-12-16-15/h4-5,8-11,15-16H,2-3,6-7,12H2,1H3/b5-4+.